The molecule has 0 radical (unpaired) electrons. The summed E-state index contributed by atoms with van der Waals surface area (Å²) in [5.41, 5.74) is 2.68. The number of oxazole rings is 1. The first-order valence-corrected chi connectivity index (χ1v) is 9.04. The first-order valence-electron chi connectivity index (χ1n) is 9.04. The average molecular weight is 370 g/mol. The zero-order valence-electron chi connectivity index (χ0n) is 15.8. The lowest BCUT2D eigenvalue weighted by atomic mass is 10.1. The van der Waals surface area contributed by atoms with Gasteiger partial charge in [-0.25, -0.2) is 14.4 Å². The molecule has 0 aromatic carbocycles. The summed E-state index contributed by atoms with van der Waals surface area (Å²) in [6.45, 7) is 6.41. The van der Waals surface area contributed by atoms with Crippen LogP contribution in [-0.2, 0) is 19.4 Å². The lowest BCUT2D eigenvalue weighted by Crippen LogP contribution is -2.36. The van der Waals surface area contributed by atoms with E-state index in [1.54, 1.807) is 43.3 Å². The number of halogens is 1. The van der Waals surface area contributed by atoms with Crippen LogP contribution in [0.15, 0.2) is 40.9 Å². The zero-order valence-corrected chi connectivity index (χ0v) is 15.8. The minimum absolute atomic E-state index is 0.121. The molecule has 0 saturated heterocycles. The molecule has 0 spiro atoms. The van der Waals surface area contributed by atoms with Gasteiger partial charge in [0.25, 0.3) is 5.91 Å². The molecule has 0 atom stereocenters. The molecule has 7 heteroatoms. The van der Waals surface area contributed by atoms with E-state index in [4.69, 9.17) is 4.42 Å². The van der Waals surface area contributed by atoms with Gasteiger partial charge in [0.15, 0.2) is 0 Å². The van der Waals surface area contributed by atoms with Gasteiger partial charge in [0, 0.05) is 13.0 Å². The van der Waals surface area contributed by atoms with Crippen molar-refractivity contribution in [1.29, 1.82) is 0 Å². The summed E-state index contributed by atoms with van der Waals surface area (Å²) in [6, 6.07) is 0. The first kappa shape index (κ1) is 18.8. The van der Waals surface area contributed by atoms with Crippen LogP contribution in [0.2, 0.25) is 0 Å². The van der Waals surface area contributed by atoms with Crippen LogP contribution in [0.1, 0.15) is 54.3 Å². The van der Waals surface area contributed by atoms with Crippen LogP contribution in [0, 0.1) is 0 Å². The van der Waals surface area contributed by atoms with Crippen LogP contribution in [0.3, 0.4) is 0 Å². The van der Waals surface area contributed by atoms with Crippen LogP contribution in [0.4, 0.5) is 4.39 Å². The molecule has 6 nitrogen and oxygen atoms in total. The van der Waals surface area contributed by atoms with Gasteiger partial charge < -0.3 is 14.3 Å². The summed E-state index contributed by atoms with van der Waals surface area (Å²) in [5.74, 6) is -0.401. The average Bonchev–Trinajstić information content (AvgIpc) is 3.32. The summed E-state index contributed by atoms with van der Waals surface area (Å²) in [5, 5.41) is 0. The molecule has 1 amide bonds. The van der Waals surface area contributed by atoms with Crippen molar-refractivity contribution in [2.24, 2.45) is 0 Å². The first-order chi connectivity index (χ1) is 13.1. The largest absolute Gasteiger partial charge is 0.431 e. The molecule has 0 aliphatic carbocycles. The smallest absolute Gasteiger partial charge is 0.291 e. The number of aryl methyl sites for hydroxylation is 1. The Kier molecular flexibility index (Phi) is 5.69. The highest BCUT2D eigenvalue weighted by atomic mass is 19.1. The molecule has 0 saturated carbocycles. The molecule has 2 aromatic rings. The maximum atomic E-state index is 14.4. The molecule has 142 valence electrons. The second-order valence-corrected chi connectivity index (χ2v) is 6.20. The Balaban J connectivity index is 1.89. The molecule has 1 aliphatic heterocycles. The van der Waals surface area contributed by atoms with Crippen LogP contribution < -0.4 is 0 Å². The Morgan fingerprint density at radius 1 is 1.44 bits per heavy atom. The number of carbonyl (C=O) groups is 1. The van der Waals surface area contributed by atoms with Crippen molar-refractivity contribution in [1.82, 2.24) is 19.9 Å². The minimum atomic E-state index is -0.460. The number of nitrogens with zero attached hydrogens (tertiary/aromatic N) is 3. The van der Waals surface area contributed by atoms with E-state index in [1.165, 1.54) is 6.08 Å². The summed E-state index contributed by atoms with van der Waals surface area (Å²) in [7, 11) is 0. The van der Waals surface area contributed by atoms with Gasteiger partial charge >= 0.3 is 0 Å². The third kappa shape index (κ3) is 3.77. The fourth-order valence-electron chi connectivity index (χ4n) is 3.04. The van der Waals surface area contributed by atoms with E-state index < -0.39 is 5.83 Å². The normalized spacial score (nSPS) is 15.5. The van der Waals surface area contributed by atoms with E-state index in [1.807, 2.05) is 6.92 Å². The third-order valence-corrected chi connectivity index (χ3v) is 4.50. The number of carbonyl (C=O) groups excluding carboxylic acids is 1. The highest BCUT2D eigenvalue weighted by molar-refractivity contribution is 5.93. The topological polar surface area (TPSA) is 75.0 Å². The molecule has 0 bridgehead atoms. The Morgan fingerprint density at radius 2 is 2.26 bits per heavy atom. The van der Waals surface area contributed by atoms with Gasteiger partial charge in [-0.15, -0.1) is 0 Å². The van der Waals surface area contributed by atoms with Crippen LogP contribution in [0.25, 0.3) is 5.57 Å². The lowest BCUT2D eigenvalue weighted by Gasteiger charge is -2.25. The van der Waals surface area contributed by atoms with E-state index in [-0.39, 0.29) is 23.1 Å². The van der Waals surface area contributed by atoms with E-state index in [0.717, 1.165) is 11.4 Å². The van der Waals surface area contributed by atoms with Crippen molar-refractivity contribution in [3.8, 4) is 0 Å². The number of allylic oxidation sites excluding steroid dienone is 6. The summed E-state index contributed by atoms with van der Waals surface area (Å²) >= 11 is 0. The monoisotopic (exact) mass is 370 g/mol. The molecule has 3 rings (SSSR count). The van der Waals surface area contributed by atoms with E-state index in [0.29, 0.717) is 31.6 Å². The van der Waals surface area contributed by atoms with Crippen molar-refractivity contribution in [2.75, 3.05) is 6.54 Å². The Morgan fingerprint density at radius 3 is 2.96 bits per heavy atom. The maximum Gasteiger partial charge on any atom is 0.291 e. The molecule has 2 aromatic heterocycles. The molecular weight excluding hydrogens is 347 g/mol. The van der Waals surface area contributed by atoms with Gasteiger partial charge in [-0.05, 0) is 26.3 Å². The van der Waals surface area contributed by atoms with Gasteiger partial charge in [-0.2, -0.15) is 0 Å². The Labute approximate surface area is 157 Å². The molecule has 3 heterocycles. The van der Waals surface area contributed by atoms with Gasteiger partial charge in [0.1, 0.15) is 5.83 Å². The molecule has 27 heavy (non-hydrogen) atoms. The van der Waals surface area contributed by atoms with Gasteiger partial charge in [-0.1, -0.05) is 25.2 Å². The number of hydrogen-bond donors (Lipinski definition) is 1. The number of fused-ring (bicyclic) bond motifs is 1. The van der Waals surface area contributed by atoms with Crippen LogP contribution in [0.5, 0.6) is 0 Å². The predicted octanol–water partition coefficient (Wildman–Crippen LogP) is 3.99. The molecule has 1 aliphatic rings. The molecule has 0 fully saturated rings. The predicted molar refractivity (Wildman–Crippen MR) is 101 cm³/mol. The van der Waals surface area contributed by atoms with Crippen LogP contribution in [-0.4, -0.2) is 32.3 Å². The number of aromatic nitrogens is 3. The quantitative estimate of drug-likeness (QED) is 0.808. The van der Waals surface area contributed by atoms with Crippen molar-refractivity contribution in [3.05, 3.63) is 65.2 Å². The van der Waals surface area contributed by atoms with Crippen molar-refractivity contribution >= 4 is 11.5 Å². The van der Waals surface area contributed by atoms with E-state index >= 15 is 0 Å². The SMILES string of the molecule is C\C=C/C=C(F)\C(=C/C)c1nc(CC)c(C(=O)N2CCc3nc[nH]c3C2)o1. The standard InChI is InChI=1S/C20H23FN4O2/c1-4-7-8-14(21)13(5-2)19-24-15(6-3)18(27-19)20(26)25-10-9-16-17(11-25)23-12-22-16/h4-5,7-8,12H,6,9-11H2,1-3H3,(H,22,23)/b7-4-,13-5+,14-8+. The van der Waals surface area contributed by atoms with Crippen LogP contribution >= 0.6 is 0 Å². The second kappa shape index (κ2) is 8.16. The number of H-pyrrole nitrogens is 1. The second-order valence-electron chi connectivity index (χ2n) is 6.20. The summed E-state index contributed by atoms with van der Waals surface area (Å²) < 4.78 is 20.1. The number of aromatic amines is 1. The molecular formula is C20H23FN4O2. The van der Waals surface area contributed by atoms with E-state index in [2.05, 4.69) is 15.0 Å². The maximum absolute atomic E-state index is 14.4. The molecule has 0 unspecified atom stereocenters. The van der Waals surface area contributed by atoms with Crippen molar-refractivity contribution < 1.29 is 13.6 Å². The minimum Gasteiger partial charge on any atom is -0.431 e. The molecule has 1 N–H and O–H groups in total. The third-order valence-electron chi connectivity index (χ3n) is 4.50. The highest BCUT2D eigenvalue weighted by Crippen LogP contribution is 2.27. The zero-order chi connectivity index (χ0) is 19.4. The van der Waals surface area contributed by atoms with Gasteiger partial charge in [0.05, 0.1) is 35.5 Å². The lowest BCUT2D eigenvalue weighted by molar-refractivity contribution is 0.0697. The van der Waals surface area contributed by atoms with Gasteiger partial charge in [0.2, 0.25) is 11.7 Å². The highest BCUT2D eigenvalue weighted by Gasteiger charge is 2.29. The fourth-order valence-corrected chi connectivity index (χ4v) is 3.04. The summed E-state index contributed by atoms with van der Waals surface area (Å²) in [4.78, 5) is 26.4. The number of hydrogen-bond acceptors (Lipinski definition) is 4. The number of amides is 1. The number of imidazole rings is 1. The number of nitrogens with one attached hydrogen (secondary N) is 1. The Hall–Kier alpha value is -2.96. The Bertz CT molecular complexity index is 920. The number of rotatable bonds is 5. The van der Waals surface area contributed by atoms with Crippen molar-refractivity contribution in [3.63, 3.8) is 0 Å². The van der Waals surface area contributed by atoms with Crippen molar-refractivity contribution in [2.45, 2.75) is 40.2 Å². The summed E-state index contributed by atoms with van der Waals surface area (Å²) in [6.07, 6.45) is 9.11. The van der Waals surface area contributed by atoms with E-state index in [9.17, 15) is 9.18 Å². The van der Waals surface area contributed by atoms with Gasteiger partial charge in [-0.3, -0.25) is 4.79 Å². The fraction of sp³-hybridized carbons (Fsp3) is 0.350.